The molecule has 132 valence electrons. The second-order valence-corrected chi connectivity index (χ2v) is 8.27. The molecule has 1 amide bonds. The SMILES string of the molecule is Cc1ccc(NC(=O)c2cc(S(=O)(=O)N3CCCC3)ccc2Cl)nc1. The zero-order valence-corrected chi connectivity index (χ0v) is 15.3. The number of aryl methyl sites for hydroxylation is 1. The summed E-state index contributed by atoms with van der Waals surface area (Å²) in [7, 11) is -3.61. The molecule has 1 saturated heterocycles. The van der Waals surface area contributed by atoms with Gasteiger partial charge in [0.15, 0.2) is 0 Å². The zero-order valence-electron chi connectivity index (χ0n) is 13.7. The molecule has 0 aliphatic carbocycles. The maximum Gasteiger partial charge on any atom is 0.258 e. The van der Waals surface area contributed by atoms with Crippen molar-refractivity contribution in [2.45, 2.75) is 24.7 Å². The van der Waals surface area contributed by atoms with Gasteiger partial charge >= 0.3 is 0 Å². The van der Waals surface area contributed by atoms with E-state index in [0.29, 0.717) is 18.9 Å². The molecule has 1 aromatic heterocycles. The van der Waals surface area contributed by atoms with Gasteiger partial charge in [-0.15, -0.1) is 0 Å². The number of rotatable bonds is 4. The normalized spacial score (nSPS) is 15.3. The number of carbonyl (C=O) groups excluding carboxylic acids is 1. The number of nitrogens with one attached hydrogen (secondary N) is 1. The third-order valence-corrected chi connectivity index (χ3v) is 6.26. The van der Waals surface area contributed by atoms with Crippen molar-refractivity contribution < 1.29 is 13.2 Å². The summed E-state index contributed by atoms with van der Waals surface area (Å²) in [5.74, 6) is -0.126. The van der Waals surface area contributed by atoms with E-state index in [1.165, 1.54) is 22.5 Å². The van der Waals surface area contributed by atoms with Gasteiger partial charge in [0.25, 0.3) is 5.91 Å². The van der Waals surface area contributed by atoms with E-state index in [1.807, 2.05) is 13.0 Å². The first-order chi connectivity index (χ1) is 11.9. The lowest BCUT2D eigenvalue weighted by molar-refractivity contribution is 0.102. The van der Waals surface area contributed by atoms with Gasteiger partial charge in [-0.2, -0.15) is 4.31 Å². The largest absolute Gasteiger partial charge is 0.307 e. The van der Waals surface area contributed by atoms with Crippen LogP contribution in [-0.4, -0.2) is 36.7 Å². The van der Waals surface area contributed by atoms with E-state index < -0.39 is 15.9 Å². The predicted molar refractivity (Wildman–Crippen MR) is 96.4 cm³/mol. The molecule has 1 aliphatic heterocycles. The van der Waals surface area contributed by atoms with Crippen molar-refractivity contribution in [3.8, 4) is 0 Å². The van der Waals surface area contributed by atoms with E-state index >= 15 is 0 Å². The molecule has 0 unspecified atom stereocenters. The van der Waals surface area contributed by atoms with E-state index in [9.17, 15) is 13.2 Å². The van der Waals surface area contributed by atoms with Crippen LogP contribution in [0.2, 0.25) is 5.02 Å². The number of halogens is 1. The molecule has 8 heteroatoms. The van der Waals surface area contributed by atoms with Crippen LogP contribution in [0.25, 0.3) is 0 Å². The molecule has 25 heavy (non-hydrogen) atoms. The number of sulfonamides is 1. The van der Waals surface area contributed by atoms with Crippen LogP contribution in [0.5, 0.6) is 0 Å². The highest BCUT2D eigenvalue weighted by atomic mass is 35.5. The van der Waals surface area contributed by atoms with Crippen molar-refractivity contribution in [1.82, 2.24) is 9.29 Å². The summed E-state index contributed by atoms with van der Waals surface area (Å²) in [5, 5.41) is 2.82. The number of aromatic nitrogens is 1. The highest BCUT2D eigenvalue weighted by Gasteiger charge is 2.28. The molecule has 1 aliphatic rings. The number of nitrogens with zero attached hydrogens (tertiary/aromatic N) is 2. The van der Waals surface area contributed by atoms with Crippen molar-refractivity contribution in [3.05, 3.63) is 52.7 Å². The Hall–Kier alpha value is -1.96. The molecule has 0 atom stereocenters. The number of hydrogen-bond acceptors (Lipinski definition) is 4. The summed E-state index contributed by atoms with van der Waals surface area (Å²) in [4.78, 5) is 16.7. The molecule has 1 aromatic carbocycles. The third-order valence-electron chi connectivity index (χ3n) is 4.04. The van der Waals surface area contributed by atoms with Crippen molar-refractivity contribution in [1.29, 1.82) is 0 Å². The summed E-state index contributed by atoms with van der Waals surface area (Å²) in [6.07, 6.45) is 3.32. The van der Waals surface area contributed by atoms with E-state index in [2.05, 4.69) is 10.3 Å². The van der Waals surface area contributed by atoms with Gasteiger partial charge < -0.3 is 5.32 Å². The van der Waals surface area contributed by atoms with Gasteiger partial charge in [0.2, 0.25) is 10.0 Å². The van der Waals surface area contributed by atoms with Gasteiger partial charge in [0, 0.05) is 19.3 Å². The summed E-state index contributed by atoms with van der Waals surface area (Å²) < 4.78 is 26.7. The third kappa shape index (κ3) is 3.84. The Morgan fingerprint density at radius 2 is 1.92 bits per heavy atom. The fourth-order valence-electron chi connectivity index (χ4n) is 2.64. The van der Waals surface area contributed by atoms with Crippen LogP contribution < -0.4 is 5.32 Å². The Labute approximate surface area is 151 Å². The Morgan fingerprint density at radius 1 is 1.20 bits per heavy atom. The Balaban J connectivity index is 1.88. The van der Waals surface area contributed by atoms with Crippen LogP contribution in [-0.2, 0) is 10.0 Å². The molecule has 1 fully saturated rings. The fraction of sp³-hybridized carbons (Fsp3) is 0.294. The summed E-state index contributed by atoms with van der Waals surface area (Å²) in [6, 6.07) is 7.67. The van der Waals surface area contributed by atoms with Crippen LogP contribution in [0.3, 0.4) is 0 Å². The van der Waals surface area contributed by atoms with Crippen LogP contribution in [0, 0.1) is 6.92 Å². The predicted octanol–water partition coefficient (Wildman–Crippen LogP) is 3.08. The van der Waals surface area contributed by atoms with Gasteiger partial charge in [0.05, 0.1) is 15.5 Å². The average Bonchev–Trinajstić information content (AvgIpc) is 3.12. The Kier molecular flexibility index (Phi) is 5.08. The van der Waals surface area contributed by atoms with E-state index in [1.54, 1.807) is 12.3 Å². The molecule has 6 nitrogen and oxygen atoms in total. The summed E-state index contributed by atoms with van der Waals surface area (Å²) in [6.45, 7) is 2.89. The molecule has 1 N–H and O–H groups in total. The maximum absolute atomic E-state index is 12.7. The second-order valence-electron chi connectivity index (χ2n) is 5.93. The summed E-state index contributed by atoms with van der Waals surface area (Å²) in [5.41, 5.74) is 1.07. The number of benzene rings is 1. The highest BCUT2D eigenvalue weighted by Crippen LogP contribution is 2.25. The monoisotopic (exact) mass is 379 g/mol. The lowest BCUT2D eigenvalue weighted by Crippen LogP contribution is -2.28. The Morgan fingerprint density at radius 3 is 2.56 bits per heavy atom. The number of carbonyl (C=O) groups is 1. The standard InChI is InChI=1S/C17H18ClN3O3S/c1-12-4-7-16(19-11-12)20-17(22)14-10-13(5-6-15(14)18)25(23,24)21-8-2-3-9-21/h4-7,10-11H,2-3,8-9H2,1H3,(H,19,20,22). The average molecular weight is 380 g/mol. The minimum atomic E-state index is -3.61. The van der Waals surface area contributed by atoms with Crippen LogP contribution in [0.1, 0.15) is 28.8 Å². The molecule has 2 aromatic rings. The molecular formula is C17H18ClN3O3S. The molecule has 2 heterocycles. The topological polar surface area (TPSA) is 79.4 Å². The molecule has 0 spiro atoms. The van der Waals surface area contributed by atoms with Crippen molar-refractivity contribution in [2.24, 2.45) is 0 Å². The van der Waals surface area contributed by atoms with Gasteiger partial charge in [0.1, 0.15) is 5.82 Å². The first kappa shape index (κ1) is 17.8. The van der Waals surface area contributed by atoms with Gasteiger partial charge in [-0.3, -0.25) is 4.79 Å². The van der Waals surface area contributed by atoms with Gasteiger partial charge in [-0.25, -0.2) is 13.4 Å². The lowest BCUT2D eigenvalue weighted by atomic mass is 10.2. The Bertz CT molecular complexity index is 892. The maximum atomic E-state index is 12.7. The van der Waals surface area contributed by atoms with Crippen LogP contribution in [0.15, 0.2) is 41.4 Å². The fourth-order valence-corrected chi connectivity index (χ4v) is 4.39. The molecule has 0 bridgehead atoms. The first-order valence-electron chi connectivity index (χ1n) is 7.91. The minimum Gasteiger partial charge on any atom is -0.307 e. The first-order valence-corrected chi connectivity index (χ1v) is 9.73. The smallest absolute Gasteiger partial charge is 0.258 e. The second kappa shape index (κ2) is 7.11. The lowest BCUT2D eigenvalue weighted by Gasteiger charge is -2.16. The van der Waals surface area contributed by atoms with E-state index in [0.717, 1.165) is 18.4 Å². The van der Waals surface area contributed by atoms with Gasteiger partial charge in [-0.1, -0.05) is 17.7 Å². The van der Waals surface area contributed by atoms with E-state index in [-0.39, 0.29) is 15.5 Å². The quantitative estimate of drug-likeness (QED) is 0.885. The molecular weight excluding hydrogens is 362 g/mol. The van der Waals surface area contributed by atoms with Crippen LogP contribution >= 0.6 is 11.6 Å². The molecule has 0 radical (unpaired) electrons. The molecule has 0 saturated carbocycles. The van der Waals surface area contributed by atoms with Crippen LogP contribution in [0.4, 0.5) is 5.82 Å². The number of hydrogen-bond donors (Lipinski definition) is 1. The van der Waals surface area contributed by atoms with Crippen molar-refractivity contribution >= 4 is 33.3 Å². The van der Waals surface area contributed by atoms with Crippen molar-refractivity contribution in [2.75, 3.05) is 18.4 Å². The van der Waals surface area contributed by atoms with E-state index in [4.69, 9.17) is 11.6 Å². The van der Waals surface area contributed by atoms with Crippen molar-refractivity contribution in [3.63, 3.8) is 0 Å². The number of amides is 1. The highest BCUT2D eigenvalue weighted by molar-refractivity contribution is 7.89. The molecule has 3 rings (SSSR count). The van der Waals surface area contributed by atoms with Gasteiger partial charge in [-0.05, 0) is 49.6 Å². The number of anilines is 1. The zero-order chi connectivity index (χ0) is 18.0. The number of pyridine rings is 1. The minimum absolute atomic E-state index is 0.0702. The summed E-state index contributed by atoms with van der Waals surface area (Å²) >= 11 is 6.10.